The van der Waals surface area contributed by atoms with E-state index in [4.69, 9.17) is 4.74 Å². The molecule has 3 rings (SSSR count). The molecule has 100 valence electrons. The molecule has 0 amide bonds. The molecule has 0 radical (unpaired) electrons. The van der Waals surface area contributed by atoms with Gasteiger partial charge in [-0.15, -0.1) is 0 Å². The Bertz CT molecular complexity index is 693. The van der Waals surface area contributed by atoms with Gasteiger partial charge in [-0.2, -0.15) is 13.2 Å². The number of H-pyrrole nitrogens is 1. The fourth-order valence-corrected chi connectivity index (χ4v) is 2.07. The fraction of sp³-hybridized carbons (Fsp3) is 0.250. The predicted octanol–water partition coefficient (Wildman–Crippen LogP) is 2.26. The first-order valence-corrected chi connectivity index (χ1v) is 5.58. The number of nitrogens with one attached hydrogen (secondary N) is 2. The van der Waals surface area contributed by atoms with E-state index in [0.717, 1.165) is 0 Å². The lowest BCUT2D eigenvalue weighted by atomic mass is 10.1. The zero-order chi connectivity index (χ0) is 13.6. The Labute approximate surface area is 105 Å². The summed E-state index contributed by atoms with van der Waals surface area (Å²) in [6.07, 6.45) is -6.27. The summed E-state index contributed by atoms with van der Waals surface area (Å²) in [5.74, 6) is 0.133. The molecule has 2 heterocycles. The van der Waals surface area contributed by atoms with Crippen LogP contribution in [0, 0.1) is 0 Å². The summed E-state index contributed by atoms with van der Waals surface area (Å²) in [7, 11) is 0. The number of alkyl halides is 3. The van der Waals surface area contributed by atoms with Gasteiger partial charge in [-0.1, -0.05) is 0 Å². The third-order valence-electron chi connectivity index (χ3n) is 2.97. The van der Waals surface area contributed by atoms with Gasteiger partial charge in [-0.25, -0.2) is 0 Å². The number of anilines is 1. The van der Waals surface area contributed by atoms with Gasteiger partial charge in [0, 0.05) is 11.5 Å². The quantitative estimate of drug-likeness (QED) is 0.772. The number of aromatic nitrogens is 1. The van der Waals surface area contributed by atoms with E-state index in [-0.39, 0.29) is 17.9 Å². The zero-order valence-electron chi connectivity index (χ0n) is 9.54. The van der Waals surface area contributed by atoms with Crippen molar-refractivity contribution in [3.63, 3.8) is 0 Å². The molecule has 2 N–H and O–H groups in total. The van der Waals surface area contributed by atoms with E-state index in [9.17, 15) is 18.0 Å². The highest BCUT2D eigenvalue weighted by Gasteiger charge is 2.43. The van der Waals surface area contributed by atoms with E-state index in [1.807, 2.05) is 0 Å². The van der Waals surface area contributed by atoms with Gasteiger partial charge in [0.15, 0.2) is 0 Å². The Balaban J connectivity index is 2.09. The van der Waals surface area contributed by atoms with E-state index in [0.29, 0.717) is 16.6 Å². The van der Waals surface area contributed by atoms with Crippen molar-refractivity contribution in [2.45, 2.75) is 12.3 Å². The number of pyridine rings is 1. The van der Waals surface area contributed by atoms with Gasteiger partial charge < -0.3 is 15.0 Å². The standard InChI is InChI=1S/C12H9F3N2O2/c13-12(14,15)9-5-16-11-6-1-4-10(18)17-7(6)2-3-8(11)19-9/h1-4,9,16H,5H2,(H,17,18). The highest BCUT2D eigenvalue weighted by molar-refractivity contribution is 5.95. The molecule has 1 unspecified atom stereocenters. The molecule has 0 saturated heterocycles. The minimum atomic E-state index is -4.41. The van der Waals surface area contributed by atoms with Crippen LogP contribution in [-0.4, -0.2) is 23.8 Å². The molecule has 0 saturated carbocycles. The van der Waals surface area contributed by atoms with Crippen LogP contribution >= 0.6 is 0 Å². The molecule has 0 fully saturated rings. The third kappa shape index (κ3) is 2.00. The van der Waals surface area contributed by atoms with E-state index in [1.165, 1.54) is 18.2 Å². The molecule has 0 aliphatic carbocycles. The lowest BCUT2D eigenvalue weighted by Gasteiger charge is -2.29. The zero-order valence-corrected chi connectivity index (χ0v) is 9.54. The maximum Gasteiger partial charge on any atom is 0.427 e. The maximum absolute atomic E-state index is 12.6. The smallest absolute Gasteiger partial charge is 0.427 e. The minimum Gasteiger partial charge on any atom is -0.477 e. The number of ether oxygens (including phenoxy) is 1. The normalized spacial score (nSPS) is 18.6. The van der Waals surface area contributed by atoms with Gasteiger partial charge in [0.2, 0.25) is 11.7 Å². The number of hydrogen-bond donors (Lipinski definition) is 2. The van der Waals surface area contributed by atoms with Gasteiger partial charge in [0.25, 0.3) is 0 Å². The van der Waals surface area contributed by atoms with Crippen molar-refractivity contribution in [1.82, 2.24) is 4.98 Å². The van der Waals surface area contributed by atoms with E-state index >= 15 is 0 Å². The molecule has 0 bridgehead atoms. The van der Waals surface area contributed by atoms with Crippen LogP contribution in [-0.2, 0) is 0 Å². The molecule has 19 heavy (non-hydrogen) atoms. The van der Waals surface area contributed by atoms with E-state index in [1.54, 1.807) is 6.07 Å². The molecular formula is C12H9F3N2O2. The largest absolute Gasteiger partial charge is 0.477 e. The monoisotopic (exact) mass is 270 g/mol. The topological polar surface area (TPSA) is 54.1 Å². The summed E-state index contributed by atoms with van der Waals surface area (Å²) >= 11 is 0. The van der Waals surface area contributed by atoms with Crippen molar-refractivity contribution < 1.29 is 17.9 Å². The predicted molar refractivity (Wildman–Crippen MR) is 63.5 cm³/mol. The Morgan fingerprint density at radius 1 is 1.21 bits per heavy atom. The molecule has 1 aromatic carbocycles. The van der Waals surface area contributed by atoms with Crippen LogP contribution in [0.4, 0.5) is 18.9 Å². The molecule has 1 atom stereocenters. The number of halogens is 3. The molecule has 1 aliphatic heterocycles. The average molecular weight is 270 g/mol. The molecule has 2 aromatic rings. The van der Waals surface area contributed by atoms with Crippen molar-refractivity contribution in [3.8, 4) is 5.75 Å². The summed E-state index contributed by atoms with van der Waals surface area (Å²) in [5, 5.41) is 3.34. The fourth-order valence-electron chi connectivity index (χ4n) is 2.07. The summed E-state index contributed by atoms with van der Waals surface area (Å²) in [4.78, 5) is 13.8. The van der Waals surface area contributed by atoms with Crippen LogP contribution in [0.3, 0.4) is 0 Å². The lowest BCUT2D eigenvalue weighted by Crippen LogP contribution is -2.42. The Hall–Kier alpha value is -2.18. The number of benzene rings is 1. The first kappa shape index (κ1) is 11.9. The van der Waals surface area contributed by atoms with Crippen LogP contribution in [0.1, 0.15) is 0 Å². The van der Waals surface area contributed by atoms with Crippen LogP contribution < -0.4 is 15.6 Å². The second kappa shape index (κ2) is 3.91. The molecule has 7 heteroatoms. The van der Waals surface area contributed by atoms with Gasteiger partial charge in [-0.3, -0.25) is 4.79 Å². The van der Waals surface area contributed by atoms with Gasteiger partial charge in [0.1, 0.15) is 5.75 Å². The number of rotatable bonds is 0. The highest BCUT2D eigenvalue weighted by Crippen LogP contribution is 2.38. The molecule has 4 nitrogen and oxygen atoms in total. The van der Waals surface area contributed by atoms with Crippen molar-refractivity contribution in [2.75, 3.05) is 11.9 Å². The molecule has 1 aliphatic rings. The van der Waals surface area contributed by atoms with Crippen molar-refractivity contribution in [3.05, 3.63) is 34.6 Å². The molecular weight excluding hydrogens is 261 g/mol. The highest BCUT2D eigenvalue weighted by atomic mass is 19.4. The third-order valence-corrected chi connectivity index (χ3v) is 2.97. The number of fused-ring (bicyclic) bond motifs is 3. The Morgan fingerprint density at radius 3 is 2.74 bits per heavy atom. The summed E-state index contributed by atoms with van der Waals surface area (Å²) in [6.45, 7) is -0.352. The second-order valence-electron chi connectivity index (χ2n) is 4.25. The minimum absolute atomic E-state index is 0.133. The second-order valence-corrected chi connectivity index (χ2v) is 4.25. The van der Waals surface area contributed by atoms with Gasteiger partial charge in [0.05, 0.1) is 17.7 Å². The summed E-state index contributed by atoms with van der Waals surface area (Å²) in [5.41, 5.74) is 0.749. The summed E-state index contributed by atoms with van der Waals surface area (Å²) in [6, 6.07) is 5.81. The van der Waals surface area contributed by atoms with Crippen LogP contribution in [0.25, 0.3) is 10.9 Å². The lowest BCUT2D eigenvalue weighted by molar-refractivity contribution is -0.191. The van der Waals surface area contributed by atoms with E-state index < -0.39 is 12.3 Å². The van der Waals surface area contributed by atoms with Gasteiger partial charge >= 0.3 is 6.18 Å². The van der Waals surface area contributed by atoms with E-state index in [2.05, 4.69) is 10.3 Å². The van der Waals surface area contributed by atoms with Crippen molar-refractivity contribution in [1.29, 1.82) is 0 Å². The Kier molecular flexibility index (Phi) is 2.44. The summed E-state index contributed by atoms with van der Waals surface area (Å²) < 4.78 is 42.7. The van der Waals surface area contributed by atoms with Gasteiger partial charge in [-0.05, 0) is 18.2 Å². The number of aromatic amines is 1. The first-order chi connectivity index (χ1) is 8.95. The average Bonchev–Trinajstić information content (AvgIpc) is 2.36. The maximum atomic E-state index is 12.6. The van der Waals surface area contributed by atoms with Crippen molar-refractivity contribution in [2.24, 2.45) is 0 Å². The Morgan fingerprint density at radius 2 is 2.00 bits per heavy atom. The van der Waals surface area contributed by atoms with Crippen molar-refractivity contribution >= 4 is 16.6 Å². The van der Waals surface area contributed by atoms with Crippen LogP contribution in [0.2, 0.25) is 0 Å². The molecule has 1 aromatic heterocycles. The first-order valence-electron chi connectivity index (χ1n) is 5.58. The molecule has 0 spiro atoms. The van der Waals surface area contributed by atoms with Crippen LogP contribution in [0.15, 0.2) is 29.1 Å². The SMILES string of the molecule is O=c1ccc2c3c(ccc2[nH]1)OC(C(F)(F)F)CN3. The number of hydrogen-bond acceptors (Lipinski definition) is 3. The van der Waals surface area contributed by atoms with Crippen LogP contribution in [0.5, 0.6) is 5.75 Å².